The normalized spacial score (nSPS) is 45.6. The molecule has 16 heavy (non-hydrogen) atoms. The van der Waals surface area contributed by atoms with E-state index in [1.807, 2.05) is 0 Å². The minimum Gasteiger partial charge on any atom is -0.316 e. The fourth-order valence-corrected chi connectivity index (χ4v) is 3.26. The quantitative estimate of drug-likeness (QED) is 0.752. The number of rotatable bonds is 2. The lowest BCUT2D eigenvalue weighted by Gasteiger charge is -2.38. The molecule has 0 bridgehead atoms. The monoisotopic (exact) mass is 224 g/mol. The standard InChI is InChI=1S/C14H28N2/c1-10-4-5-13(8-11(10)2)16-14-6-7-15-9-12(14)3/h10-16H,4-9H2,1-3H3. The van der Waals surface area contributed by atoms with E-state index >= 15 is 0 Å². The van der Waals surface area contributed by atoms with E-state index in [0.29, 0.717) is 0 Å². The van der Waals surface area contributed by atoms with Gasteiger partial charge in [0.2, 0.25) is 0 Å². The number of piperidine rings is 1. The first kappa shape index (κ1) is 12.4. The molecule has 1 saturated carbocycles. The zero-order valence-electron chi connectivity index (χ0n) is 11.1. The molecule has 1 aliphatic heterocycles. The number of hydrogen-bond acceptors (Lipinski definition) is 2. The first-order valence-electron chi connectivity index (χ1n) is 7.13. The zero-order chi connectivity index (χ0) is 11.5. The van der Waals surface area contributed by atoms with Crippen LogP contribution in [0.15, 0.2) is 0 Å². The van der Waals surface area contributed by atoms with Crippen molar-refractivity contribution >= 4 is 0 Å². The Labute approximate surface area is 101 Å². The second kappa shape index (κ2) is 5.50. The topological polar surface area (TPSA) is 24.1 Å². The molecule has 94 valence electrons. The molecule has 0 aromatic rings. The van der Waals surface area contributed by atoms with Crippen LogP contribution in [0.2, 0.25) is 0 Å². The van der Waals surface area contributed by atoms with Gasteiger partial charge in [-0.15, -0.1) is 0 Å². The molecule has 0 radical (unpaired) electrons. The molecule has 1 heterocycles. The molecule has 2 rings (SSSR count). The van der Waals surface area contributed by atoms with Gasteiger partial charge in [-0.05, 0) is 56.5 Å². The summed E-state index contributed by atoms with van der Waals surface area (Å²) in [5, 5.41) is 7.40. The molecule has 5 atom stereocenters. The lowest BCUT2D eigenvalue weighted by atomic mass is 9.78. The molecule has 2 aliphatic rings. The van der Waals surface area contributed by atoms with Crippen molar-refractivity contribution in [3.05, 3.63) is 0 Å². The largest absolute Gasteiger partial charge is 0.316 e. The van der Waals surface area contributed by atoms with Gasteiger partial charge in [-0.2, -0.15) is 0 Å². The van der Waals surface area contributed by atoms with Gasteiger partial charge in [-0.3, -0.25) is 0 Å². The molecule has 0 amide bonds. The van der Waals surface area contributed by atoms with Crippen LogP contribution >= 0.6 is 0 Å². The van der Waals surface area contributed by atoms with E-state index in [2.05, 4.69) is 31.4 Å². The van der Waals surface area contributed by atoms with Crippen LogP contribution in [0.4, 0.5) is 0 Å². The zero-order valence-corrected chi connectivity index (χ0v) is 11.1. The number of hydrogen-bond donors (Lipinski definition) is 2. The third-order valence-corrected chi connectivity index (χ3v) is 4.83. The van der Waals surface area contributed by atoms with E-state index in [0.717, 1.165) is 29.8 Å². The Morgan fingerprint density at radius 3 is 2.44 bits per heavy atom. The molecule has 2 nitrogen and oxygen atoms in total. The first-order chi connectivity index (χ1) is 7.66. The summed E-state index contributed by atoms with van der Waals surface area (Å²) < 4.78 is 0. The predicted octanol–water partition coefficient (Wildman–Crippen LogP) is 2.40. The van der Waals surface area contributed by atoms with Gasteiger partial charge in [0.15, 0.2) is 0 Å². The fourth-order valence-electron chi connectivity index (χ4n) is 3.26. The van der Waals surface area contributed by atoms with Crippen LogP contribution in [0, 0.1) is 17.8 Å². The summed E-state index contributed by atoms with van der Waals surface area (Å²) >= 11 is 0. The first-order valence-corrected chi connectivity index (χ1v) is 7.13. The van der Waals surface area contributed by atoms with E-state index in [-0.39, 0.29) is 0 Å². The van der Waals surface area contributed by atoms with Crippen molar-refractivity contribution in [3.63, 3.8) is 0 Å². The van der Waals surface area contributed by atoms with Crippen LogP contribution in [-0.2, 0) is 0 Å². The summed E-state index contributed by atoms with van der Waals surface area (Å²) in [5.74, 6) is 2.63. The SMILES string of the molecule is CC1CCC(NC2CCNCC2C)CC1C. The van der Waals surface area contributed by atoms with Crippen molar-refractivity contribution in [1.29, 1.82) is 0 Å². The molecule has 1 aliphatic carbocycles. The minimum absolute atomic E-state index is 0.756. The van der Waals surface area contributed by atoms with E-state index in [4.69, 9.17) is 0 Å². The van der Waals surface area contributed by atoms with Gasteiger partial charge in [0.1, 0.15) is 0 Å². The average Bonchev–Trinajstić information content (AvgIpc) is 2.27. The highest BCUT2D eigenvalue weighted by Gasteiger charge is 2.28. The highest BCUT2D eigenvalue weighted by molar-refractivity contribution is 4.87. The van der Waals surface area contributed by atoms with Crippen LogP contribution in [0.1, 0.15) is 46.5 Å². The van der Waals surface area contributed by atoms with E-state index in [1.54, 1.807) is 0 Å². The Hall–Kier alpha value is -0.0800. The van der Waals surface area contributed by atoms with Crippen molar-refractivity contribution in [2.45, 2.75) is 58.5 Å². The second-order valence-corrected chi connectivity index (χ2v) is 6.21. The van der Waals surface area contributed by atoms with Gasteiger partial charge in [-0.1, -0.05) is 20.8 Å². The predicted molar refractivity (Wildman–Crippen MR) is 69.5 cm³/mol. The molecule has 2 N–H and O–H groups in total. The van der Waals surface area contributed by atoms with Gasteiger partial charge in [0, 0.05) is 12.1 Å². The lowest BCUT2D eigenvalue weighted by molar-refractivity contribution is 0.188. The summed E-state index contributed by atoms with van der Waals surface area (Å²) in [6.07, 6.45) is 5.50. The molecule has 0 aromatic heterocycles. The summed E-state index contributed by atoms with van der Waals surface area (Å²) in [6.45, 7) is 9.59. The Morgan fingerprint density at radius 1 is 0.938 bits per heavy atom. The summed E-state index contributed by atoms with van der Waals surface area (Å²) in [7, 11) is 0. The van der Waals surface area contributed by atoms with E-state index in [9.17, 15) is 0 Å². The molecular formula is C14H28N2. The van der Waals surface area contributed by atoms with Gasteiger partial charge in [0.25, 0.3) is 0 Å². The van der Waals surface area contributed by atoms with Crippen LogP contribution in [0.3, 0.4) is 0 Å². The highest BCUT2D eigenvalue weighted by Crippen LogP contribution is 2.30. The van der Waals surface area contributed by atoms with Crippen molar-refractivity contribution < 1.29 is 0 Å². The van der Waals surface area contributed by atoms with Crippen LogP contribution in [-0.4, -0.2) is 25.2 Å². The maximum atomic E-state index is 3.92. The van der Waals surface area contributed by atoms with Crippen LogP contribution in [0.25, 0.3) is 0 Å². The molecular weight excluding hydrogens is 196 g/mol. The van der Waals surface area contributed by atoms with Crippen molar-refractivity contribution in [1.82, 2.24) is 10.6 Å². The van der Waals surface area contributed by atoms with Crippen LogP contribution in [0.5, 0.6) is 0 Å². The van der Waals surface area contributed by atoms with E-state index < -0.39 is 0 Å². The molecule has 2 fully saturated rings. The van der Waals surface area contributed by atoms with Crippen molar-refractivity contribution in [2.24, 2.45) is 17.8 Å². The lowest BCUT2D eigenvalue weighted by Crippen LogP contribution is -2.51. The Balaban J connectivity index is 1.80. The molecule has 0 aromatic carbocycles. The van der Waals surface area contributed by atoms with E-state index in [1.165, 1.54) is 38.8 Å². The third kappa shape index (κ3) is 2.98. The van der Waals surface area contributed by atoms with Gasteiger partial charge in [-0.25, -0.2) is 0 Å². The molecule has 2 heteroatoms. The molecule has 1 saturated heterocycles. The third-order valence-electron chi connectivity index (χ3n) is 4.83. The Kier molecular flexibility index (Phi) is 4.26. The maximum absolute atomic E-state index is 3.92. The fraction of sp³-hybridized carbons (Fsp3) is 1.00. The molecule has 0 spiro atoms. The van der Waals surface area contributed by atoms with Crippen molar-refractivity contribution in [2.75, 3.05) is 13.1 Å². The highest BCUT2D eigenvalue weighted by atomic mass is 15.0. The summed E-state index contributed by atoms with van der Waals surface area (Å²) in [6, 6.07) is 1.55. The summed E-state index contributed by atoms with van der Waals surface area (Å²) in [5.41, 5.74) is 0. The smallest absolute Gasteiger partial charge is 0.0119 e. The van der Waals surface area contributed by atoms with Gasteiger partial charge < -0.3 is 10.6 Å². The Morgan fingerprint density at radius 2 is 1.75 bits per heavy atom. The van der Waals surface area contributed by atoms with Gasteiger partial charge in [0.05, 0.1) is 0 Å². The Bertz CT molecular complexity index is 217. The van der Waals surface area contributed by atoms with Crippen molar-refractivity contribution in [3.8, 4) is 0 Å². The average molecular weight is 224 g/mol. The molecule has 5 unspecified atom stereocenters. The summed E-state index contributed by atoms with van der Waals surface area (Å²) in [4.78, 5) is 0. The number of nitrogens with one attached hydrogen (secondary N) is 2. The maximum Gasteiger partial charge on any atom is 0.0119 e. The van der Waals surface area contributed by atoms with Crippen LogP contribution < -0.4 is 10.6 Å². The van der Waals surface area contributed by atoms with Gasteiger partial charge >= 0.3 is 0 Å². The minimum atomic E-state index is 0.756. The second-order valence-electron chi connectivity index (χ2n) is 6.21.